The van der Waals surface area contributed by atoms with E-state index in [1.807, 2.05) is 24.3 Å². The monoisotopic (exact) mass is 244 g/mol. The lowest BCUT2D eigenvalue weighted by molar-refractivity contribution is 0.627. The molecule has 2 N–H and O–H groups in total. The van der Waals surface area contributed by atoms with Gasteiger partial charge in [0.25, 0.3) is 0 Å². The van der Waals surface area contributed by atoms with Crippen molar-refractivity contribution in [1.82, 2.24) is 0 Å². The Bertz CT molecular complexity index is 491. The van der Waals surface area contributed by atoms with Crippen molar-refractivity contribution in [2.45, 2.75) is 13.5 Å². The van der Waals surface area contributed by atoms with Gasteiger partial charge in [-0.25, -0.2) is 4.39 Å². The van der Waals surface area contributed by atoms with Gasteiger partial charge in [-0.2, -0.15) is 0 Å². The van der Waals surface area contributed by atoms with Crippen molar-refractivity contribution in [1.29, 1.82) is 0 Å². The first-order chi connectivity index (χ1) is 8.69. The van der Waals surface area contributed by atoms with Gasteiger partial charge < -0.3 is 10.6 Å². The lowest BCUT2D eigenvalue weighted by atomic mass is 10.2. The first-order valence-electron chi connectivity index (χ1n) is 6.04. The summed E-state index contributed by atoms with van der Waals surface area (Å²) in [5.41, 5.74) is 8.64. The highest BCUT2D eigenvalue weighted by Crippen LogP contribution is 2.18. The van der Waals surface area contributed by atoms with Crippen molar-refractivity contribution < 1.29 is 4.39 Å². The van der Waals surface area contributed by atoms with E-state index in [0.717, 1.165) is 24.5 Å². The van der Waals surface area contributed by atoms with Crippen molar-refractivity contribution in [3.63, 3.8) is 0 Å². The molecular weight excluding hydrogens is 227 g/mol. The summed E-state index contributed by atoms with van der Waals surface area (Å²) in [6.07, 6.45) is 0. The van der Waals surface area contributed by atoms with Crippen LogP contribution in [0.2, 0.25) is 0 Å². The van der Waals surface area contributed by atoms with Crippen LogP contribution in [0.3, 0.4) is 0 Å². The predicted molar refractivity (Wildman–Crippen MR) is 74.0 cm³/mol. The second kappa shape index (κ2) is 5.54. The summed E-state index contributed by atoms with van der Waals surface area (Å²) in [4.78, 5) is 2.19. The van der Waals surface area contributed by atoms with E-state index in [-0.39, 0.29) is 5.82 Å². The van der Waals surface area contributed by atoms with E-state index in [1.54, 1.807) is 12.1 Å². The van der Waals surface area contributed by atoms with Crippen LogP contribution >= 0.6 is 0 Å². The summed E-state index contributed by atoms with van der Waals surface area (Å²) in [5, 5.41) is 0. The summed E-state index contributed by atoms with van der Waals surface area (Å²) < 4.78 is 12.9. The molecule has 0 bridgehead atoms. The maximum Gasteiger partial charge on any atom is 0.123 e. The van der Waals surface area contributed by atoms with Gasteiger partial charge in [-0.1, -0.05) is 12.1 Å². The van der Waals surface area contributed by atoms with Gasteiger partial charge in [-0.3, -0.25) is 0 Å². The Morgan fingerprint density at radius 3 is 2.17 bits per heavy atom. The zero-order valence-corrected chi connectivity index (χ0v) is 10.4. The quantitative estimate of drug-likeness (QED) is 0.835. The number of nitrogen functional groups attached to an aromatic ring is 1. The Kier molecular flexibility index (Phi) is 3.82. The van der Waals surface area contributed by atoms with E-state index >= 15 is 0 Å². The van der Waals surface area contributed by atoms with Gasteiger partial charge in [0.2, 0.25) is 0 Å². The number of nitrogens with two attached hydrogens (primary N) is 1. The maximum absolute atomic E-state index is 12.9. The van der Waals surface area contributed by atoms with Crippen molar-refractivity contribution >= 4 is 11.4 Å². The van der Waals surface area contributed by atoms with E-state index in [0.29, 0.717) is 0 Å². The molecule has 0 aliphatic heterocycles. The number of nitrogens with zero attached hydrogens (tertiary/aromatic N) is 1. The molecule has 0 atom stereocenters. The molecule has 0 saturated heterocycles. The van der Waals surface area contributed by atoms with Gasteiger partial charge in [0.1, 0.15) is 5.82 Å². The van der Waals surface area contributed by atoms with Crippen molar-refractivity contribution in [2.24, 2.45) is 0 Å². The fourth-order valence-electron chi connectivity index (χ4n) is 1.88. The second-order valence-electron chi connectivity index (χ2n) is 4.23. The first-order valence-corrected chi connectivity index (χ1v) is 6.04. The number of hydrogen-bond donors (Lipinski definition) is 1. The van der Waals surface area contributed by atoms with E-state index in [2.05, 4.69) is 11.8 Å². The van der Waals surface area contributed by atoms with E-state index < -0.39 is 0 Å². The predicted octanol–water partition coefficient (Wildman–Crippen LogP) is 3.43. The lowest BCUT2D eigenvalue weighted by Gasteiger charge is -2.23. The van der Waals surface area contributed by atoms with Gasteiger partial charge >= 0.3 is 0 Å². The topological polar surface area (TPSA) is 29.3 Å². The molecule has 2 aromatic carbocycles. The number of anilines is 2. The molecule has 2 nitrogen and oxygen atoms in total. The smallest absolute Gasteiger partial charge is 0.123 e. The molecule has 2 rings (SSSR count). The molecule has 94 valence electrons. The molecule has 0 fully saturated rings. The van der Waals surface area contributed by atoms with Gasteiger partial charge in [-0.05, 0) is 48.9 Å². The average molecular weight is 244 g/mol. The summed E-state index contributed by atoms with van der Waals surface area (Å²) in [5.74, 6) is -0.206. The van der Waals surface area contributed by atoms with E-state index in [1.165, 1.54) is 17.7 Å². The minimum atomic E-state index is -0.206. The zero-order chi connectivity index (χ0) is 13.0. The molecule has 2 aromatic rings. The SMILES string of the molecule is CCN(Cc1ccc(N)cc1)c1ccc(F)cc1. The Balaban J connectivity index is 2.14. The molecule has 0 aliphatic rings. The highest BCUT2D eigenvalue weighted by atomic mass is 19.1. The Labute approximate surface area is 107 Å². The lowest BCUT2D eigenvalue weighted by Crippen LogP contribution is -2.21. The molecule has 0 spiro atoms. The van der Waals surface area contributed by atoms with Gasteiger partial charge in [0.05, 0.1) is 0 Å². The number of rotatable bonds is 4. The molecule has 0 amide bonds. The minimum Gasteiger partial charge on any atom is -0.399 e. The standard InChI is InChI=1S/C15H17FN2/c1-2-18(15-9-5-13(16)6-10-15)11-12-3-7-14(17)8-4-12/h3-10H,2,11,17H2,1H3. The summed E-state index contributed by atoms with van der Waals surface area (Å²) in [6.45, 7) is 3.75. The van der Waals surface area contributed by atoms with E-state index in [4.69, 9.17) is 5.73 Å². The fourth-order valence-corrected chi connectivity index (χ4v) is 1.88. The Morgan fingerprint density at radius 1 is 1.00 bits per heavy atom. The Hall–Kier alpha value is -2.03. The molecule has 0 radical (unpaired) electrons. The summed E-state index contributed by atoms with van der Waals surface area (Å²) in [6, 6.07) is 14.4. The first kappa shape index (κ1) is 12.4. The van der Waals surface area contributed by atoms with Crippen LogP contribution in [0.4, 0.5) is 15.8 Å². The molecule has 18 heavy (non-hydrogen) atoms. The molecule has 3 heteroatoms. The van der Waals surface area contributed by atoms with E-state index in [9.17, 15) is 4.39 Å². The molecular formula is C15H17FN2. The molecule has 0 aromatic heterocycles. The normalized spacial score (nSPS) is 10.3. The highest BCUT2D eigenvalue weighted by Gasteiger charge is 2.05. The number of hydrogen-bond acceptors (Lipinski definition) is 2. The van der Waals surface area contributed by atoms with Gasteiger partial charge in [-0.15, -0.1) is 0 Å². The number of benzene rings is 2. The minimum absolute atomic E-state index is 0.206. The molecule has 0 aliphatic carbocycles. The van der Waals surface area contributed by atoms with Crippen LogP contribution in [0.15, 0.2) is 48.5 Å². The molecule has 0 saturated carbocycles. The van der Waals surface area contributed by atoms with Crippen LogP contribution in [0, 0.1) is 5.82 Å². The highest BCUT2D eigenvalue weighted by molar-refractivity contribution is 5.47. The Morgan fingerprint density at radius 2 is 1.61 bits per heavy atom. The van der Waals surface area contributed by atoms with Crippen LogP contribution in [0.1, 0.15) is 12.5 Å². The maximum atomic E-state index is 12.9. The third-order valence-corrected chi connectivity index (χ3v) is 2.93. The molecule has 0 heterocycles. The summed E-state index contributed by atoms with van der Waals surface area (Å²) in [7, 11) is 0. The van der Waals surface area contributed by atoms with Crippen LogP contribution in [-0.2, 0) is 6.54 Å². The van der Waals surface area contributed by atoms with Crippen molar-refractivity contribution in [3.8, 4) is 0 Å². The summed E-state index contributed by atoms with van der Waals surface area (Å²) >= 11 is 0. The van der Waals surface area contributed by atoms with Gasteiger partial charge in [0.15, 0.2) is 0 Å². The third kappa shape index (κ3) is 3.00. The van der Waals surface area contributed by atoms with Crippen molar-refractivity contribution in [2.75, 3.05) is 17.2 Å². The van der Waals surface area contributed by atoms with Crippen LogP contribution in [0.5, 0.6) is 0 Å². The average Bonchev–Trinajstić information content (AvgIpc) is 2.39. The second-order valence-corrected chi connectivity index (χ2v) is 4.23. The van der Waals surface area contributed by atoms with Crippen LogP contribution in [-0.4, -0.2) is 6.54 Å². The third-order valence-electron chi connectivity index (χ3n) is 2.93. The fraction of sp³-hybridized carbons (Fsp3) is 0.200. The zero-order valence-electron chi connectivity index (χ0n) is 10.4. The van der Waals surface area contributed by atoms with Crippen molar-refractivity contribution in [3.05, 3.63) is 59.9 Å². The van der Waals surface area contributed by atoms with Crippen LogP contribution in [0.25, 0.3) is 0 Å². The van der Waals surface area contributed by atoms with Gasteiger partial charge in [0, 0.05) is 24.5 Å². The largest absolute Gasteiger partial charge is 0.399 e. The van der Waals surface area contributed by atoms with Crippen LogP contribution < -0.4 is 10.6 Å². The molecule has 0 unspecified atom stereocenters. The number of halogens is 1.